The standard InChI is InChI=1S/C43H55N7O9/c1-56-42(54)47-36(30-15-21-58-22-16-30)40(52)49-19-3-5-33(49)25-45-39(51)32-13-9-28(10-14-32)27-7-11-29(12-8-27)34-26-44-38(46-34)35-6-4-20-50(35)41(53)37(48-43(55)57-2)31-17-23-59-24-18-31/h7-14,26,30-31,33,35-37H,3-6,15-25H2,1-2H3,(H,44,46)(H,45,51)(H,47,54)(H,48,55). The highest BCUT2D eigenvalue weighted by Gasteiger charge is 2.41. The van der Waals surface area contributed by atoms with Crippen LogP contribution in [0.5, 0.6) is 0 Å². The zero-order chi connectivity index (χ0) is 41.3. The summed E-state index contributed by atoms with van der Waals surface area (Å²) >= 11 is 0. The van der Waals surface area contributed by atoms with E-state index in [-0.39, 0.29) is 41.6 Å². The van der Waals surface area contributed by atoms with Crippen LogP contribution in [-0.4, -0.2) is 128 Å². The molecule has 0 spiro atoms. The Kier molecular flexibility index (Phi) is 13.8. The summed E-state index contributed by atoms with van der Waals surface area (Å²) in [5.74, 6) is 0.106. The average molecular weight is 814 g/mol. The van der Waals surface area contributed by atoms with Crippen LogP contribution in [0.2, 0.25) is 0 Å². The Morgan fingerprint density at radius 3 is 1.80 bits per heavy atom. The van der Waals surface area contributed by atoms with E-state index in [9.17, 15) is 24.0 Å². The summed E-state index contributed by atoms with van der Waals surface area (Å²) in [7, 11) is 2.58. The number of rotatable bonds is 12. The van der Waals surface area contributed by atoms with Crippen LogP contribution in [0, 0.1) is 11.8 Å². The van der Waals surface area contributed by atoms with Crippen LogP contribution in [0.3, 0.4) is 0 Å². The molecule has 0 aliphatic carbocycles. The largest absolute Gasteiger partial charge is 0.453 e. The van der Waals surface area contributed by atoms with E-state index < -0.39 is 24.3 Å². The lowest BCUT2D eigenvalue weighted by molar-refractivity contribution is -0.137. The number of alkyl carbamates (subject to hydrolysis) is 2. The second-order valence-corrected chi connectivity index (χ2v) is 15.7. The summed E-state index contributed by atoms with van der Waals surface area (Å²) in [6.07, 6.45) is 6.39. The molecule has 316 valence electrons. The van der Waals surface area contributed by atoms with Gasteiger partial charge in [0.15, 0.2) is 0 Å². The van der Waals surface area contributed by atoms with Gasteiger partial charge in [-0.05, 0) is 92.0 Å². The first-order chi connectivity index (χ1) is 28.7. The van der Waals surface area contributed by atoms with Crippen molar-refractivity contribution in [3.8, 4) is 22.4 Å². The minimum absolute atomic E-state index is 0.0388. The van der Waals surface area contributed by atoms with Gasteiger partial charge < -0.3 is 49.7 Å². The minimum atomic E-state index is -0.707. The van der Waals surface area contributed by atoms with Gasteiger partial charge in [0.05, 0.1) is 32.2 Å². The third-order valence-corrected chi connectivity index (χ3v) is 12.2. The Morgan fingerprint density at radius 2 is 1.22 bits per heavy atom. The summed E-state index contributed by atoms with van der Waals surface area (Å²) in [5.41, 5.74) is 4.20. The Balaban J connectivity index is 0.945. The lowest BCUT2D eigenvalue weighted by Gasteiger charge is -2.34. The molecule has 0 radical (unpaired) electrons. The fourth-order valence-corrected chi connectivity index (χ4v) is 8.86. The van der Waals surface area contributed by atoms with E-state index in [4.69, 9.17) is 23.9 Å². The summed E-state index contributed by atoms with van der Waals surface area (Å²) in [6.45, 7) is 3.62. The van der Waals surface area contributed by atoms with Crippen molar-refractivity contribution >= 4 is 29.9 Å². The van der Waals surface area contributed by atoms with Crippen LogP contribution in [0.1, 0.15) is 73.6 Å². The SMILES string of the molecule is COC(=O)NC(C(=O)N1CCCC1CNC(=O)c1ccc(-c2ccc(-c3cnc(C4CCCN4C(=O)C(NC(=O)OC)C4CCOCC4)[nH]3)cc2)cc1)C1CCOCC1. The Hall–Kier alpha value is -5.48. The van der Waals surface area contributed by atoms with E-state index >= 15 is 0 Å². The first-order valence-electron chi connectivity index (χ1n) is 20.7. The molecule has 4 N–H and O–H groups in total. The molecule has 5 heterocycles. The van der Waals surface area contributed by atoms with Crippen molar-refractivity contribution in [1.29, 1.82) is 0 Å². The van der Waals surface area contributed by atoms with Gasteiger partial charge in [0.2, 0.25) is 11.8 Å². The fraction of sp³-hybridized carbons (Fsp3) is 0.535. The van der Waals surface area contributed by atoms with Crippen molar-refractivity contribution in [3.63, 3.8) is 0 Å². The molecule has 4 atom stereocenters. The number of aromatic nitrogens is 2. The molecule has 0 saturated carbocycles. The summed E-state index contributed by atoms with van der Waals surface area (Å²) in [4.78, 5) is 77.1. The predicted molar refractivity (Wildman–Crippen MR) is 216 cm³/mol. The summed E-state index contributed by atoms with van der Waals surface area (Å²) in [6, 6.07) is 13.6. The number of hydrogen-bond donors (Lipinski definition) is 4. The summed E-state index contributed by atoms with van der Waals surface area (Å²) < 4.78 is 20.7. The lowest BCUT2D eigenvalue weighted by atomic mass is 9.90. The molecule has 4 fully saturated rings. The molecule has 3 aromatic rings. The zero-order valence-electron chi connectivity index (χ0n) is 33.8. The highest BCUT2D eigenvalue weighted by molar-refractivity contribution is 5.95. The number of nitrogens with one attached hydrogen (secondary N) is 4. The van der Waals surface area contributed by atoms with E-state index in [1.807, 2.05) is 41.3 Å². The lowest BCUT2D eigenvalue weighted by Crippen LogP contribution is -2.55. The Bertz CT molecular complexity index is 1930. The van der Waals surface area contributed by atoms with Gasteiger partial charge in [-0.3, -0.25) is 14.4 Å². The molecular weight excluding hydrogens is 759 g/mol. The number of carbonyl (C=O) groups is 5. The van der Waals surface area contributed by atoms with E-state index in [0.717, 1.165) is 48.1 Å². The highest BCUT2D eigenvalue weighted by atomic mass is 16.5. The predicted octanol–water partition coefficient (Wildman–Crippen LogP) is 4.43. The monoisotopic (exact) mass is 813 g/mol. The van der Waals surface area contributed by atoms with Crippen LogP contribution in [0.4, 0.5) is 9.59 Å². The molecule has 1 aromatic heterocycles. The van der Waals surface area contributed by atoms with Gasteiger partial charge >= 0.3 is 12.2 Å². The first kappa shape index (κ1) is 41.7. The molecular formula is C43H55N7O9. The van der Waals surface area contributed by atoms with E-state index in [1.54, 1.807) is 23.2 Å². The first-order valence-corrected chi connectivity index (χ1v) is 20.7. The Morgan fingerprint density at radius 1 is 0.712 bits per heavy atom. The Labute approximate surface area is 344 Å². The van der Waals surface area contributed by atoms with Crippen LogP contribution >= 0.6 is 0 Å². The summed E-state index contributed by atoms with van der Waals surface area (Å²) in [5, 5.41) is 8.58. The van der Waals surface area contributed by atoms with Crippen molar-refractivity contribution in [2.45, 2.75) is 75.5 Å². The van der Waals surface area contributed by atoms with Gasteiger partial charge in [-0.2, -0.15) is 0 Å². The van der Waals surface area contributed by atoms with Crippen molar-refractivity contribution < 1.29 is 42.9 Å². The number of benzene rings is 2. The van der Waals surface area contributed by atoms with Gasteiger partial charge in [-0.15, -0.1) is 0 Å². The third-order valence-electron chi connectivity index (χ3n) is 12.2. The molecule has 2 aromatic carbocycles. The number of H-pyrrole nitrogens is 1. The molecule has 7 rings (SSSR count). The number of carbonyl (C=O) groups excluding carboxylic acids is 5. The van der Waals surface area contributed by atoms with Crippen molar-refractivity contribution in [2.24, 2.45) is 11.8 Å². The van der Waals surface area contributed by atoms with Crippen LogP contribution < -0.4 is 16.0 Å². The van der Waals surface area contributed by atoms with Crippen molar-refractivity contribution in [2.75, 3.05) is 60.3 Å². The number of hydrogen-bond acceptors (Lipinski definition) is 10. The zero-order valence-corrected chi connectivity index (χ0v) is 33.8. The molecule has 5 amide bonds. The van der Waals surface area contributed by atoms with E-state index in [1.165, 1.54) is 14.2 Å². The van der Waals surface area contributed by atoms with Crippen LogP contribution in [-0.2, 0) is 28.5 Å². The van der Waals surface area contributed by atoms with Gasteiger partial charge in [0, 0.05) is 57.7 Å². The number of ether oxygens (including phenoxy) is 4. The fourth-order valence-electron chi connectivity index (χ4n) is 8.86. The third kappa shape index (κ3) is 9.87. The van der Waals surface area contributed by atoms with Crippen LogP contribution in [0.15, 0.2) is 54.7 Å². The number of nitrogens with zero attached hydrogens (tertiary/aromatic N) is 3. The normalized spacial score (nSPS) is 21.1. The van der Waals surface area contributed by atoms with E-state index in [0.29, 0.717) is 83.1 Å². The van der Waals surface area contributed by atoms with E-state index in [2.05, 4.69) is 20.9 Å². The number of imidazole rings is 1. The maximum atomic E-state index is 13.9. The van der Waals surface area contributed by atoms with Crippen molar-refractivity contribution in [1.82, 2.24) is 35.7 Å². The molecule has 4 aliphatic rings. The second-order valence-electron chi connectivity index (χ2n) is 15.7. The minimum Gasteiger partial charge on any atom is -0.453 e. The maximum absolute atomic E-state index is 13.9. The van der Waals surface area contributed by atoms with Gasteiger partial charge in [-0.25, -0.2) is 14.6 Å². The molecule has 4 unspecified atom stereocenters. The molecule has 4 saturated heterocycles. The molecule has 16 heteroatoms. The molecule has 0 bridgehead atoms. The number of aromatic amines is 1. The smallest absolute Gasteiger partial charge is 0.407 e. The topological polar surface area (TPSA) is 194 Å². The van der Waals surface area contributed by atoms with Crippen LogP contribution in [0.25, 0.3) is 22.4 Å². The quantitative estimate of drug-likeness (QED) is 0.203. The average Bonchev–Trinajstić information content (AvgIpc) is 4.09. The number of amides is 5. The van der Waals surface area contributed by atoms with Gasteiger partial charge in [0.1, 0.15) is 17.9 Å². The van der Waals surface area contributed by atoms with Crippen molar-refractivity contribution in [3.05, 3.63) is 66.1 Å². The maximum Gasteiger partial charge on any atom is 0.407 e. The van der Waals surface area contributed by atoms with Gasteiger partial charge in [-0.1, -0.05) is 36.4 Å². The van der Waals surface area contributed by atoms with Gasteiger partial charge in [0.25, 0.3) is 5.91 Å². The molecule has 4 aliphatic heterocycles. The second kappa shape index (κ2) is 19.5. The highest BCUT2D eigenvalue weighted by Crippen LogP contribution is 2.34. The number of methoxy groups -OCH3 is 2. The number of likely N-dealkylation sites (tertiary alicyclic amines) is 2. The molecule has 59 heavy (non-hydrogen) atoms. The molecule has 16 nitrogen and oxygen atoms in total.